The topological polar surface area (TPSA) is 118 Å². The van der Waals surface area contributed by atoms with E-state index in [1.807, 2.05) is 13.8 Å². The summed E-state index contributed by atoms with van der Waals surface area (Å²) in [6.07, 6.45) is 0. The van der Waals surface area contributed by atoms with Crippen molar-refractivity contribution >= 4 is 21.4 Å². The fourth-order valence-electron chi connectivity index (χ4n) is 1.31. The number of anilines is 2. The number of nitrogens with two attached hydrogens (primary N) is 2. The maximum atomic E-state index is 11.2. The van der Waals surface area contributed by atoms with Crippen molar-refractivity contribution < 1.29 is 13.5 Å². The molecule has 0 saturated heterocycles. The van der Waals surface area contributed by atoms with Crippen LogP contribution in [0.1, 0.15) is 13.8 Å². The predicted octanol–water partition coefficient (Wildman–Crippen LogP) is 0.347. The molecule has 7 heteroatoms. The normalized spacial score (nSPS) is 12.4. The Morgan fingerprint density at radius 1 is 1.39 bits per heavy atom. The maximum Gasteiger partial charge on any atom is 0.240 e. The summed E-state index contributed by atoms with van der Waals surface area (Å²) in [5, 5.41) is 17.2. The lowest BCUT2D eigenvalue weighted by Crippen LogP contribution is -2.26. The maximum absolute atomic E-state index is 11.2. The first kappa shape index (κ1) is 14.7. The van der Waals surface area contributed by atoms with E-state index in [9.17, 15) is 8.42 Å². The Balaban J connectivity index is 2.86. The van der Waals surface area contributed by atoms with Crippen molar-refractivity contribution in [3.63, 3.8) is 0 Å². The summed E-state index contributed by atoms with van der Waals surface area (Å²) in [6.45, 7) is 4.40. The van der Waals surface area contributed by atoms with E-state index < -0.39 is 10.0 Å². The van der Waals surface area contributed by atoms with Crippen LogP contribution in [0, 0.1) is 5.41 Å². The first-order valence-corrected chi connectivity index (χ1v) is 6.97. The number of sulfonamides is 1. The number of nitrogens with one attached hydrogen (secondary N) is 1. The first-order chi connectivity index (χ1) is 8.15. The summed E-state index contributed by atoms with van der Waals surface area (Å²) in [7, 11) is -3.79. The van der Waals surface area contributed by atoms with Crippen LogP contribution in [0.15, 0.2) is 23.1 Å². The van der Waals surface area contributed by atoms with Gasteiger partial charge in [-0.25, -0.2) is 13.6 Å². The van der Waals surface area contributed by atoms with Crippen molar-refractivity contribution in [2.75, 3.05) is 24.2 Å². The largest absolute Gasteiger partial charge is 0.398 e. The van der Waals surface area contributed by atoms with E-state index >= 15 is 0 Å². The van der Waals surface area contributed by atoms with Crippen molar-refractivity contribution in [2.45, 2.75) is 18.7 Å². The van der Waals surface area contributed by atoms with Crippen LogP contribution >= 0.6 is 0 Å². The number of rotatable bonds is 5. The van der Waals surface area contributed by atoms with Crippen LogP contribution in [0.3, 0.4) is 0 Å². The van der Waals surface area contributed by atoms with Crippen molar-refractivity contribution in [1.82, 2.24) is 0 Å². The summed E-state index contributed by atoms with van der Waals surface area (Å²) in [6, 6.07) is 4.45. The molecule has 0 amide bonds. The zero-order valence-electron chi connectivity index (χ0n) is 10.5. The van der Waals surface area contributed by atoms with E-state index in [0.29, 0.717) is 12.2 Å². The Kier molecular flexibility index (Phi) is 4.20. The van der Waals surface area contributed by atoms with Gasteiger partial charge in [0.05, 0.1) is 5.69 Å². The molecule has 18 heavy (non-hydrogen) atoms. The molecule has 0 bridgehead atoms. The average molecular weight is 273 g/mol. The summed E-state index contributed by atoms with van der Waals surface area (Å²) in [4.78, 5) is -0.0885. The highest BCUT2D eigenvalue weighted by Crippen LogP contribution is 2.22. The highest BCUT2D eigenvalue weighted by atomic mass is 32.2. The van der Waals surface area contributed by atoms with Gasteiger partial charge in [0.15, 0.2) is 0 Å². The van der Waals surface area contributed by atoms with Gasteiger partial charge in [0.25, 0.3) is 0 Å². The number of hydrogen-bond acceptors (Lipinski definition) is 5. The molecule has 6 nitrogen and oxygen atoms in total. The van der Waals surface area contributed by atoms with Gasteiger partial charge in [-0.15, -0.1) is 0 Å². The Labute approximate surface area is 107 Å². The van der Waals surface area contributed by atoms with Gasteiger partial charge in [0.2, 0.25) is 10.0 Å². The Morgan fingerprint density at radius 2 is 2.00 bits per heavy atom. The highest BCUT2D eigenvalue weighted by molar-refractivity contribution is 7.89. The number of hydrogen-bond donors (Lipinski definition) is 4. The van der Waals surface area contributed by atoms with Crippen LogP contribution in [0.2, 0.25) is 0 Å². The smallest absolute Gasteiger partial charge is 0.240 e. The van der Waals surface area contributed by atoms with Gasteiger partial charge in [-0.3, -0.25) is 0 Å². The van der Waals surface area contributed by atoms with Gasteiger partial charge in [-0.05, 0) is 18.2 Å². The van der Waals surface area contributed by atoms with Gasteiger partial charge in [0, 0.05) is 24.3 Å². The monoisotopic (exact) mass is 273 g/mol. The molecule has 0 spiro atoms. The molecule has 0 atom stereocenters. The second-order valence-corrected chi connectivity index (χ2v) is 6.50. The van der Waals surface area contributed by atoms with E-state index in [2.05, 4.69) is 5.32 Å². The molecule has 0 aliphatic heterocycles. The number of primary sulfonamides is 1. The molecular weight excluding hydrogens is 254 g/mol. The highest BCUT2D eigenvalue weighted by Gasteiger charge is 2.17. The van der Waals surface area contributed by atoms with Crippen LogP contribution < -0.4 is 16.2 Å². The molecule has 0 radical (unpaired) electrons. The lowest BCUT2D eigenvalue weighted by atomic mass is 9.95. The summed E-state index contributed by atoms with van der Waals surface area (Å²) < 4.78 is 22.3. The molecule has 0 saturated carbocycles. The van der Waals surface area contributed by atoms with E-state index in [0.717, 1.165) is 0 Å². The summed E-state index contributed by atoms with van der Waals surface area (Å²) in [5.74, 6) is 0. The van der Waals surface area contributed by atoms with Gasteiger partial charge < -0.3 is 16.2 Å². The minimum atomic E-state index is -3.79. The van der Waals surface area contributed by atoms with Crippen molar-refractivity contribution in [1.29, 1.82) is 0 Å². The molecular formula is C11H19N3O3S. The molecule has 0 aliphatic rings. The van der Waals surface area contributed by atoms with Gasteiger partial charge in [0.1, 0.15) is 4.90 Å². The first-order valence-electron chi connectivity index (χ1n) is 5.43. The molecule has 6 N–H and O–H groups in total. The number of aliphatic hydroxyl groups is 1. The van der Waals surface area contributed by atoms with Crippen LogP contribution in [0.5, 0.6) is 0 Å². The van der Waals surface area contributed by atoms with E-state index in [1.54, 1.807) is 6.07 Å². The number of aliphatic hydroxyl groups excluding tert-OH is 1. The lowest BCUT2D eigenvalue weighted by molar-refractivity contribution is 0.171. The Hall–Kier alpha value is -1.31. The molecule has 0 unspecified atom stereocenters. The van der Waals surface area contributed by atoms with E-state index in [1.165, 1.54) is 12.1 Å². The van der Waals surface area contributed by atoms with Crippen LogP contribution in [0.25, 0.3) is 0 Å². The van der Waals surface area contributed by atoms with Crippen molar-refractivity contribution in [2.24, 2.45) is 10.6 Å². The van der Waals surface area contributed by atoms with Gasteiger partial charge in [-0.2, -0.15) is 0 Å². The number of nitrogen functional groups attached to an aromatic ring is 1. The third kappa shape index (κ3) is 3.86. The third-order valence-corrected chi connectivity index (χ3v) is 3.50. The fraction of sp³-hybridized carbons (Fsp3) is 0.455. The lowest BCUT2D eigenvalue weighted by Gasteiger charge is -2.22. The molecule has 1 aromatic carbocycles. The minimum absolute atomic E-state index is 0.0464. The number of benzene rings is 1. The molecule has 1 rings (SSSR count). The fourth-order valence-corrected chi connectivity index (χ4v) is 1.96. The zero-order chi connectivity index (χ0) is 14.0. The van der Waals surface area contributed by atoms with Crippen LogP contribution in [-0.2, 0) is 10.0 Å². The third-order valence-electron chi connectivity index (χ3n) is 2.52. The summed E-state index contributed by atoms with van der Waals surface area (Å²) in [5.41, 5.74) is 6.14. The Bertz CT molecular complexity index is 526. The standard InChI is InChI=1S/C11H19N3O3S/c1-11(2,7-15)6-14-8-3-4-10(9(12)5-8)18(13,16)17/h3-5,14-15H,6-7,12H2,1-2H3,(H2,13,16,17). The molecule has 0 heterocycles. The molecule has 0 aromatic heterocycles. The van der Waals surface area contributed by atoms with Crippen molar-refractivity contribution in [3.8, 4) is 0 Å². The second kappa shape index (κ2) is 5.13. The van der Waals surface area contributed by atoms with Crippen LogP contribution in [0.4, 0.5) is 11.4 Å². The second-order valence-electron chi connectivity index (χ2n) is 4.97. The Morgan fingerprint density at radius 3 is 2.44 bits per heavy atom. The molecule has 102 valence electrons. The van der Waals surface area contributed by atoms with E-state index in [-0.39, 0.29) is 22.6 Å². The summed E-state index contributed by atoms with van der Waals surface area (Å²) >= 11 is 0. The molecule has 1 aromatic rings. The zero-order valence-corrected chi connectivity index (χ0v) is 11.3. The SMILES string of the molecule is CC(C)(CO)CNc1ccc(S(N)(=O)=O)c(N)c1. The molecule has 0 fully saturated rings. The quantitative estimate of drug-likeness (QED) is 0.577. The predicted molar refractivity (Wildman–Crippen MR) is 71.6 cm³/mol. The van der Waals surface area contributed by atoms with Gasteiger partial charge >= 0.3 is 0 Å². The minimum Gasteiger partial charge on any atom is -0.398 e. The molecule has 0 aliphatic carbocycles. The average Bonchev–Trinajstić information content (AvgIpc) is 2.25. The van der Waals surface area contributed by atoms with E-state index in [4.69, 9.17) is 16.0 Å². The van der Waals surface area contributed by atoms with Crippen molar-refractivity contribution in [3.05, 3.63) is 18.2 Å². The van der Waals surface area contributed by atoms with Crippen LogP contribution in [-0.4, -0.2) is 26.7 Å². The van der Waals surface area contributed by atoms with Gasteiger partial charge in [-0.1, -0.05) is 13.8 Å².